The van der Waals surface area contributed by atoms with Gasteiger partial charge >= 0.3 is 0 Å². The summed E-state index contributed by atoms with van der Waals surface area (Å²) in [6.45, 7) is 1.85. The minimum absolute atomic E-state index is 0.226. The minimum Gasteiger partial charge on any atom is -0.320 e. The Morgan fingerprint density at radius 1 is 1.32 bits per heavy atom. The van der Waals surface area contributed by atoms with Gasteiger partial charge in [-0.3, -0.25) is 4.98 Å². The molecule has 0 bridgehead atoms. The summed E-state index contributed by atoms with van der Waals surface area (Å²) < 4.78 is 28.7. The van der Waals surface area contributed by atoms with E-state index in [-0.39, 0.29) is 12.8 Å². The highest BCUT2D eigenvalue weighted by molar-refractivity contribution is 5.38. The van der Waals surface area contributed by atoms with Crippen molar-refractivity contribution in [1.82, 2.24) is 19.7 Å². The molecule has 0 spiro atoms. The average molecular weight is 264 g/mol. The fourth-order valence-corrected chi connectivity index (χ4v) is 2.88. The molecule has 0 N–H and O–H groups in total. The quantitative estimate of drug-likeness (QED) is 0.835. The summed E-state index contributed by atoms with van der Waals surface area (Å²) in [4.78, 5) is 4.12. The maximum Gasteiger partial charge on any atom is 0.250 e. The lowest BCUT2D eigenvalue weighted by molar-refractivity contribution is -0.116. The lowest BCUT2D eigenvalue weighted by Gasteiger charge is -2.46. The van der Waals surface area contributed by atoms with Gasteiger partial charge in [0.15, 0.2) is 0 Å². The molecular weight excluding hydrogens is 250 g/mol. The number of nitrogens with zero attached hydrogens (tertiary/aromatic N) is 4. The topological polar surface area (TPSA) is 43.6 Å². The number of alkyl halides is 2. The van der Waals surface area contributed by atoms with E-state index in [4.69, 9.17) is 0 Å². The van der Waals surface area contributed by atoms with Crippen molar-refractivity contribution < 1.29 is 8.78 Å². The van der Waals surface area contributed by atoms with Gasteiger partial charge in [0.1, 0.15) is 12.2 Å². The van der Waals surface area contributed by atoms with E-state index >= 15 is 0 Å². The fourth-order valence-electron chi connectivity index (χ4n) is 2.88. The van der Waals surface area contributed by atoms with Crippen LogP contribution in [0.15, 0.2) is 24.7 Å². The molecule has 1 fully saturated rings. The van der Waals surface area contributed by atoms with E-state index in [9.17, 15) is 8.78 Å². The van der Waals surface area contributed by atoms with E-state index in [2.05, 4.69) is 15.2 Å². The zero-order valence-corrected chi connectivity index (χ0v) is 10.8. The van der Waals surface area contributed by atoms with Crippen LogP contribution in [0.4, 0.5) is 8.78 Å². The number of aryl methyl sites for hydroxylation is 2. The van der Waals surface area contributed by atoms with Gasteiger partial charge < -0.3 is 4.57 Å². The molecule has 0 aliphatic heterocycles. The molecule has 4 nitrogen and oxygen atoms in total. The van der Waals surface area contributed by atoms with E-state index < -0.39 is 11.3 Å². The van der Waals surface area contributed by atoms with Crippen LogP contribution < -0.4 is 0 Å². The summed E-state index contributed by atoms with van der Waals surface area (Å²) in [5.74, 6) is -2.05. The summed E-state index contributed by atoms with van der Waals surface area (Å²) in [5, 5.41) is 7.86. The summed E-state index contributed by atoms with van der Waals surface area (Å²) in [7, 11) is 1.78. The Morgan fingerprint density at radius 2 is 2.05 bits per heavy atom. The summed E-state index contributed by atoms with van der Waals surface area (Å²) in [6, 6.07) is 3.64. The Balaban J connectivity index is 2.12. The van der Waals surface area contributed by atoms with Crippen molar-refractivity contribution in [2.45, 2.75) is 31.1 Å². The van der Waals surface area contributed by atoms with Crippen molar-refractivity contribution in [3.8, 4) is 0 Å². The van der Waals surface area contributed by atoms with Gasteiger partial charge in [0, 0.05) is 31.8 Å². The van der Waals surface area contributed by atoms with Crippen molar-refractivity contribution in [1.29, 1.82) is 0 Å². The molecule has 2 aromatic heterocycles. The highest BCUT2D eigenvalue weighted by atomic mass is 19.3. The maximum atomic E-state index is 13.5. The van der Waals surface area contributed by atoms with E-state index in [1.165, 1.54) is 0 Å². The summed E-state index contributed by atoms with van der Waals surface area (Å²) in [5.41, 5.74) is 0.902. The molecular formula is C13H14F2N4. The van der Waals surface area contributed by atoms with E-state index in [0.29, 0.717) is 5.82 Å². The van der Waals surface area contributed by atoms with E-state index in [0.717, 1.165) is 11.3 Å². The Labute approximate surface area is 109 Å². The Morgan fingerprint density at radius 3 is 2.58 bits per heavy atom. The maximum absolute atomic E-state index is 13.5. The van der Waals surface area contributed by atoms with Crippen LogP contribution in [0.1, 0.15) is 29.9 Å². The third kappa shape index (κ3) is 1.82. The first-order valence-corrected chi connectivity index (χ1v) is 6.08. The first-order valence-electron chi connectivity index (χ1n) is 6.08. The first kappa shape index (κ1) is 12.2. The molecule has 0 atom stereocenters. The summed E-state index contributed by atoms with van der Waals surface area (Å²) in [6.07, 6.45) is 2.74. The van der Waals surface area contributed by atoms with Crippen LogP contribution in [0.5, 0.6) is 0 Å². The second-order valence-electron chi connectivity index (χ2n) is 5.24. The van der Waals surface area contributed by atoms with Gasteiger partial charge in [-0.05, 0) is 24.6 Å². The molecule has 0 unspecified atom stereocenters. The van der Waals surface area contributed by atoms with Crippen LogP contribution in [-0.2, 0) is 12.5 Å². The number of aromatic nitrogens is 4. The first-order chi connectivity index (χ1) is 8.93. The van der Waals surface area contributed by atoms with Gasteiger partial charge in [0.2, 0.25) is 0 Å². The highest BCUT2D eigenvalue weighted by Gasteiger charge is 2.60. The lowest BCUT2D eigenvalue weighted by Crippen LogP contribution is -2.51. The molecule has 0 amide bonds. The summed E-state index contributed by atoms with van der Waals surface area (Å²) >= 11 is 0. The van der Waals surface area contributed by atoms with E-state index in [1.54, 1.807) is 30.2 Å². The number of halogens is 2. The highest BCUT2D eigenvalue weighted by Crippen LogP contribution is 2.56. The van der Waals surface area contributed by atoms with Crippen LogP contribution in [0, 0.1) is 6.92 Å². The number of rotatable bonds is 2. The predicted molar refractivity (Wildman–Crippen MR) is 64.9 cm³/mol. The van der Waals surface area contributed by atoms with Gasteiger partial charge in [-0.15, -0.1) is 10.2 Å². The second-order valence-corrected chi connectivity index (χ2v) is 5.24. The van der Waals surface area contributed by atoms with E-state index in [1.807, 2.05) is 13.0 Å². The van der Waals surface area contributed by atoms with Crippen molar-refractivity contribution in [2.24, 2.45) is 7.05 Å². The third-order valence-corrected chi connectivity index (χ3v) is 3.71. The van der Waals surface area contributed by atoms with Gasteiger partial charge in [-0.25, -0.2) is 8.78 Å². The Kier molecular flexibility index (Phi) is 2.45. The van der Waals surface area contributed by atoms with Crippen LogP contribution in [0.25, 0.3) is 0 Å². The molecule has 0 saturated heterocycles. The molecule has 0 radical (unpaired) electrons. The van der Waals surface area contributed by atoms with Crippen molar-refractivity contribution >= 4 is 0 Å². The van der Waals surface area contributed by atoms with Crippen molar-refractivity contribution in [3.05, 3.63) is 41.7 Å². The molecule has 100 valence electrons. The van der Waals surface area contributed by atoms with Gasteiger partial charge in [-0.2, -0.15) is 0 Å². The monoisotopic (exact) mass is 264 g/mol. The van der Waals surface area contributed by atoms with Crippen molar-refractivity contribution in [2.75, 3.05) is 0 Å². The Bertz CT molecular complexity index is 613. The zero-order valence-electron chi connectivity index (χ0n) is 10.8. The molecule has 1 saturated carbocycles. The zero-order chi connectivity index (χ0) is 13.7. The molecule has 19 heavy (non-hydrogen) atoms. The minimum atomic E-state index is -2.64. The molecule has 3 rings (SSSR count). The molecule has 2 heterocycles. The molecule has 2 aromatic rings. The second kappa shape index (κ2) is 3.82. The van der Waals surface area contributed by atoms with Gasteiger partial charge in [0.05, 0.1) is 5.41 Å². The standard InChI is InChI=1S/C13H14F2N4/c1-9-5-10(3-4-16-9)12(6-13(14,15)7-12)11-18-17-8-19(11)2/h3-5,8H,6-7H2,1-2H3. The number of pyridine rings is 1. The van der Waals surface area contributed by atoms with Crippen LogP contribution >= 0.6 is 0 Å². The lowest BCUT2D eigenvalue weighted by atomic mass is 9.61. The van der Waals surface area contributed by atoms with Crippen LogP contribution in [-0.4, -0.2) is 25.7 Å². The average Bonchev–Trinajstić information content (AvgIpc) is 2.72. The SMILES string of the molecule is Cc1cc(C2(c3nncn3C)CC(F)(F)C2)ccn1. The molecule has 1 aliphatic carbocycles. The number of hydrogen-bond acceptors (Lipinski definition) is 3. The fraction of sp³-hybridized carbons (Fsp3) is 0.462. The molecule has 6 heteroatoms. The molecule has 0 aromatic carbocycles. The molecule has 1 aliphatic rings. The van der Waals surface area contributed by atoms with Gasteiger partial charge in [0.25, 0.3) is 5.92 Å². The normalized spacial score (nSPS) is 20.0. The predicted octanol–water partition coefficient (Wildman–Crippen LogP) is 2.23. The van der Waals surface area contributed by atoms with Crippen LogP contribution in [0.3, 0.4) is 0 Å². The van der Waals surface area contributed by atoms with Gasteiger partial charge in [-0.1, -0.05) is 0 Å². The Hall–Kier alpha value is -1.85. The smallest absolute Gasteiger partial charge is 0.250 e. The number of hydrogen-bond donors (Lipinski definition) is 0. The van der Waals surface area contributed by atoms with Crippen molar-refractivity contribution in [3.63, 3.8) is 0 Å². The van der Waals surface area contributed by atoms with Crippen LogP contribution in [0.2, 0.25) is 0 Å². The third-order valence-electron chi connectivity index (χ3n) is 3.71. The largest absolute Gasteiger partial charge is 0.320 e.